The van der Waals surface area contributed by atoms with Crippen molar-refractivity contribution in [3.8, 4) is 5.69 Å². The normalized spacial score (nSPS) is 14.2. The zero-order chi connectivity index (χ0) is 26.1. The number of rotatable bonds is 5. The Kier molecular flexibility index (Phi) is 6.57. The van der Waals surface area contributed by atoms with E-state index in [1.165, 1.54) is 0 Å². The average molecular weight is 493 g/mol. The van der Waals surface area contributed by atoms with Crippen LogP contribution in [0, 0.1) is 13.8 Å². The van der Waals surface area contributed by atoms with Crippen LogP contribution in [0.25, 0.3) is 5.69 Å². The summed E-state index contributed by atoms with van der Waals surface area (Å²) in [6, 6.07) is 27.2. The lowest BCUT2D eigenvalue weighted by molar-refractivity contribution is -0.119. The molecule has 1 N–H and O–H groups in total. The van der Waals surface area contributed by atoms with E-state index in [0.717, 1.165) is 39.4 Å². The topological polar surface area (TPSA) is 57.6 Å². The molecule has 4 aromatic rings. The van der Waals surface area contributed by atoms with E-state index in [4.69, 9.17) is 0 Å². The number of hydrogen-bond acceptors (Lipinski definition) is 2. The summed E-state index contributed by atoms with van der Waals surface area (Å²) in [6.07, 6.45) is 2.03. The third-order valence-corrected chi connectivity index (χ3v) is 6.92. The Hall–Kier alpha value is -4.32. The van der Waals surface area contributed by atoms with E-state index in [0.29, 0.717) is 0 Å². The number of anilines is 2. The number of fused-ring (bicyclic) bond motifs is 3. The molecule has 1 unspecified atom stereocenters. The first-order valence-corrected chi connectivity index (χ1v) is 12.6. The van der Waals surface area contributed by atoms with Crippen LogP contribution in [0.2, 0.25) is 0 Å². The summed E-state index contributed by atoms with van der Waals surface area (Å²) in [7, 11) is 0. The SMILES string of the molecule is Cc1ccc(NC(=O)N(CC(=O)N2c3ccccc3-n3cccc3C2c2ccccc2)C(C)C)c(C)c1. The van der Waals surface area contributed by atoms with Crippen molar-refractivity contribution in [2.75, 3.05) is 16.8 Å². The summed E-state index contributed by atoms with van der Waals surface area (Å²) >= 11 is 0. The van der Waals surface area contributed by atoms with Gasteiger partial charge in [0.1, 0.15) is 12.6 Å². The molecule has 1 aliphatic rings. The number of para-hydroxylation sites is 2. The fourth-order valence-corrected chi connectivity index (χ4v) is 5.06. The molecular weight excluding hydrogens is 460 g/mol. The highest BCUT2D eigenvalue weighted by Crippen LogP contribution is 2.42. The summed E-state index contributed by atoms with van der Waals surface area (Å²) in [5, 5.41) is 3.01. The number of carbonyl (C=O) groups is 2. The molecule has 0 spiro atoms. The molecule has 0 saturated heterocycles. The van der Waals surface area contributed by atoms with Gasteiger partial charge in [-0.2, -0.15) is 0 Å². The lowest BCUT2D eigenvalue weighted by Crippen LogP contribution is -2.49. The second-order valence-corrected chi connectivity index (χ2v) is 9.84. The van der Waals surface area contributed by atoms with E-state index in [2.05, 4.69) is 16.0 Å². The zero-order valence-corrected chi connectivity index (χ0v) is 21.7. The van der Waals surface area contributed by atoms with Crippen molar-refractivity contribution in [2.24, 2.45) is 0 Å². The maximum atomic E-state index is 14.2. The molecule has 3 amide bonds. The second-order valence-electron chi connectivity index (χ2n) is 9.84. The maximum absolute atomic E-state index is 14.2. The van der Waals surface area contributed by atoms with E-state index in [1.54, 1.807) is 4.90 Å². The van der Waals surface area contributed by atoms with Gasteiger partial charge in [0, 0.05) is 17.9 Å². The molecule has 5 rings (SSSR count). The van der Waals surface area contributed by atoms with Gasteiger partial charge in [-0.25, -0.2) is 4.79 Å². The average Bonchev–Trinajstić information content (AvgIpc) is 3.38. The van der Waals surface area contributed by atoms with Gasteiger partial charge in [-0.3, -0.25) is 9.69 Å². The summed E-state index contributed by atoms with van der Waals surface area (Å²) in [6.45, 7) is 7.80. The first-order chi connectivity index (χ1) is 17.8. The minimum absolute atomic E-state index is 0.0488. The number of aromatic nitrogens is 1. The van der Waals surface area contributed by atoms with Crippen LogP contribution in [-0.2, 0) is 4.79 Å². The summed E-state index contributed by atoms with van der Waals surface area (Å²) < 4.78 is 2.14. The number of amides is 3. The van der Waals surface area contributed by atoms with Gasteiger partial charge < -0.3 is 14.8 Å². The molecule has 0 radical (unpaired) electrons. The fraction of sp³-hybridized carbons (Fsp3) is 0.226. The largest absolute Gasteiger partial charge is 0.322 e. The molecular formula is C31H32N4O2. The van der Waals surface area contributed by atoms with Crippen LogP contribution < -0.4 is 10.2 Å². The highest BCUT2D eigenvalue weighted by atomic mass is 16.2. The Labute approximate surface area is 218 Å². The minimum atomic E-state index is -0.310. The van der Waals surface area contributed by atoms with Crippen molar-refractivity contribution in [1.82, 2.24) is 9.47 Å². The van der Waals surface area contributed by atoms with Crippen molar-refractivity contribution >= 4 is 23.3 Å². The molecule has 0 fully saturated rings. The second kappa shape index (κ2) is 9.97. The van der Waals surface area contributed by atoms with Crippen molar-refractivity contribution in [2.45, 2.75) is 39.8 Å². The lowest BCUT2D eigenvalue weighted by Gasteiger charge is -2.40. The number of aryl methyl sites for hydroxylation is 2. The predicted molar refractivity (Wildman–Crippen MR) is 148 cm³/mol. The monoisotopic (exact) mass is 492 g/mol. The van der Waals surface area contributed by atoms with Gasteiger partial charge in [0.25, 0.3) is 0 Å². The van der Waals surface area contributed by atoms with Crippen molar-refractivity contribution in [1.29, 1.82) is 0 Å². The van der Waals surface area contributed by atoms with E-state index in [9.17, 15) is 9.59 Å². The number of carbonyl (C=O) groups excluding carboxylic acids is 2. The molecule has 0 aliphatic carbocycles. The molecule has 1 atom stereocenters. The first kappa shape index (κ1) is 24.4. The Balaban J connectivity index is 1.50. The van der Waals surface area contributed by atoms with Gasteiger partial charge in [0.15, 0.2) is 0 Å². The molecule has 1 aromatic heterocycles. The summed E-state index contributed by atoms with van der Waals surface area (Å²) in [5.74, 6) is -0.141. The summed E-state index contributed by atoms with van der Waals surface area (Å²) in [5.41, 5.74) is 6.65. The minimum Gasteiger partial charge on any atom is -0.316 e. The van der Waals surface area contributed by atoms with E-state index < -0.39 is 0 Å². The Morgan fingerprint density at radius 1 is 0.892 bits per heavy atom. The number of hydrogen-bond donors (Lipinski definition) is 1. The third-order valence-electron chi connectivity index (χ3n) is 6.92. The molecule has 37 heavy (non-hydrogen) atoms. The number of nitrogens with one attached hydrogen (secondary N) is 1. The Morgan fingerprint density at radius 2 is 1.59 bits per heavy atom. The van der Waals surface area contributed by atoms with Crippen LogP contribution in [0.3, 0.4) is 0 Å². The molecule has 1 aliphatic heterocycles. The first-order valence-electron chi connectivity index (χ1n) is 12.6. The van der Waals surface area contributed by atoms with Gasteiger partial charge in [-0.15, -0.1) is 0 Å². The number of benzene rings is 3. The molecule has 2 heterocycles. The number of nitrogens with zero attached hydrogens (tertiary/aromatic N) is 3. The van der Waals surface area contributed by atoms with Crippen LogP contribution in [0.1, 0.15) is 42.3 Å². The quantitative estimate of drug-likeness (QED) is 0.347. The lowest BCUT2D eigenvalue weighted by atomic mass is 9.97. The van der Waals surface area contributed by atoms with Gasteiger partial charge >= 0.3 is 6.03 Å². The van der Waals surface area contributed by atoms with Crippen molar-refractivity contribution in [3.05, 3.63) is 114 Å². The van der Waals surface area contributed by atoms with Gasteiger partial charge in [-0.1, -0.05) is 60.2 Å². The highest BCUT2D eigenvalue weighted by Gasteiger charge is 2.37. The summed E-state index contributed by atoms with van der Waals surface area (Å²) in [4.78, 5) is 31.0. The van der Waals surface area contributed by atoms with E-state index >= 15 is 0 Å². The van der Waals surface area contributed by atoms with Crippen LogP contribution in [0.15, 0.2) is 91.1 Å². The Bertz CT molecular complexity index is 1440. The molecule has 0 saturated carbocycles. The fourth-order valence-electron chi connectivity index (χ4n) is 5.06. The molecule has 188 valence electrons. The standard InChI is InChI=1S/C31H32N4O2/c1-21(2)34(31(37)32-25-17-16-22(3)19-23(25)4)20-29(36)35-27-14-9-8-13-26(27)33-18-10-15-28(33)30(35)24-11-6-5-7-12-24/h5-19,21,30H,20H2,1-4H3,(H,32,37). The highest BCUT2D eigenvalue weighted by molar-refractivity contribution is 6.01. The van der Waals surface area contributed by atoms with Crippen LogP contribution in [0.5, 0.6) is 0 Å². The molecule has 6 heteroatoms. The molecule has 3 aromatic carbocycles. The van der Waals surface area contributed by atoms with Crippen LogP contribution >= 0.6 is 0 Å². The molecule has 0 bridgehead atoms. The third kappa shape index (κ3) is 4.62. The Morgan fingerprint density at radius 3 is 2.30 bits per heavy atom. The van der Waals surface area contributed by atoms with Gasteiger partial charge in [0.05, 0.1) is 17.1 Å². The zero-order valence-electron chi connectivity index (χ0n) is 21.7. The number of urea groups is 1. The van der Waals surface area contributed by atoms with E-state index in [1.807, 2.05) is 118 Å². The van der Waals surface area contributed by atoms with Gasteiger partial charge in [-0.05, 0) is 69.2 Å². The van der Waals surface area contributed by atoms with Crippen LogP contribution in [0.4, 0.5) is 16.2 Å². The predicted octanol–water partition coefficient (Wildman–Crippen LogP) is 6.47. The van der Waals surface area contributed by atoms with Crippen LogP contribution in [-0.4, -0.2) is 34.0 Å². The maximum Gasteiger partial charge on any atom is 0.322 e. The van der Waals surface area contributed by atoms with Crippen molar-refractivity contribution in [3.63, 3.8) is 0 Å². The van der Waals surface area contributed by atoms with E-state index in [-0.39, 0.29) is 30.6 Å². The van der Waals surface area contributed by atoms with Crippen molar-refractivity contribution < 1.29 is 9.59 Å². The smallest absolute Gasteiger partial charge is 0.316 e. The molecule has 6 nitrogen and oxygen atoms in total. The van der Waals surface area contributed by atoms with Gasteiger partial charge in [0.2, 0.25) is 5.91 Å².